The van der Waals surface area contributed by atoms with Gasteiger partial charge in [-0.15, -0.1) is 0 Å². The normalized spacial score (nSPS) is 15.8. The maximum absolute atomic E-state index is 2.54. The van der Waals surface area contributed by atoms with Gasteiger partial charge in [-0.2, -0.15) is 0 Å². The Bertz CT molecular complexity index is 3360. The smallest absolute Gasteiger partial charge is 0.0540 e. The minimum atomic E-state index is -0.299. The Morgan fingerprint density at radius 3 is 1.71 bits per heavy atom. The van der Waals surface area contributed by atoms with Crippen molar-refractivity contribution in [3.63, 3.8) is 0 Å². The highest BCUT2D eigenvalue weighted by Gasteiger charge is 2.42. The van der Waals surface area contributed by atoms with E-state index in [1.807, 2.05) is 0 Å². The minimum absolute atomic E-state index is 0.299. The van der Waals surface area contributed by atoms with Crippen LogP contribution >= 0.6 is 0 Å². The van der Waals surface area contributed by atoms with Gasteiger partial charge in [-0.3, -0.25) is 0 Å². The Kier molecular flexibility index (Phi) is 9.79. The molecule has 312 valence electrons. The fraction of sp³-hybridized carbons (Fsp3) is 0.125. The van der Waals surface area contributed by atoms with Gasteiger partial charge >= 0.3 is 0 Å². The molecule has 12 rings (SSSR count). The minimum Gasteiger partial charge on any atom is -0.309 e. The molecule has 2 aliphatic rings. The third-order valence-electron chi connectivity index (χ3n) is 14.8. The number of hydrogen-bond donors (Lipinski definition) is 0. The number of hydrogen-bond acceptors (Lipinski definition) is 1. The number of para-hydroxylation sites is 2. The molecule has 1 heteroatoms. The molecule has 2 aliphatic carbocycles. The summed E-state index contributed by atoms with van der Waals surface area (Å²) < 4.78 is 0. The third kappa shape index (κ3) is 6.52. The van der Waals surface area contributed by atoms with Gasteiger partial charge in [0.1, 0.15) is 0 Å². The first-order valence-corrected chi connectivity index (χ1v) is 23.5. The first-order valence-electron chi connectivity index (χ1n) is 23.5. The van der Waals surface area contributed by atoms with Gasteiger partial charge in [0.15, 0.2) is 0 Å². The monoisotopic (exact) mass is 833 g/mol. The van der Waals surface area contributed by atoms with Crippen LogP contribution in [-0.2, 0) is 5.41 Å². The van der Waals surface area contributed by atoms with Crippen LogP contribution in [0.5, 0.6) is 0 Å². The molecule has 1 unspecified atom stereocenters. The Hall–Kier alpha value is -7.48. The van der Waals surface area contributed by atoms with E-state index in [1.54, 1.807) is 0 Å². The summed E-state index contributed by atoms with van der Waals surface area (Å²) in [6.45, 7) is 2.41. The van der Waals surface area contributed by atoms with Crippen molar-refractivity contribution in [3.05, 3.63) is 247 Å². The highest BCUT2D eigenvalue weighted by Crippen LogP contribution is 2.57. The van der Waals surface area contributed by atoms with Crippen LogP contribution in [0.25, 0.3) is 66.1 Å². The molecule has 1 nitrogen and oxygen atoms in total. The van der Waals surface area contributed by atoms with Gasteiger partial charge in [-0.1, -0.05) is 219 Å². The first-order chi connectivity index (χ1) is 32.2. The fourth-order valence-corrected chi connectivity index (χ4v) is 11.7. The Morgan fingerprint density at radius 2 is 0.938 bits per heavy atom. The molecular formula is C64H51N. The average molecular weight is 834 g/mol. The van der Waals surface area contributed by atoms with Crippen LogP contribution in [-0.4, -0.2) is 0 Å². The Labute approximate surface area is 383 Å². The largest absolute Gasteiger partial charge is 0.309 e. The molecular weight excluding hydrogens is 783 g/mol. The summed E-state index contributed by atoms with van der Waals surface area (Å²) in [5.74, 6) is 0.573. The molecule has 1 fully saturated rings. The highest BCUT2D eigenvalue weighted by molar-refractivity contribution is 6.05. The lowest BCUT2D eigenvalue weighted by atomic mass is 9.74. The van der Waals surface area contributed by atoms with E-state index < -0.39 is 0 Å². The van der Waals surface area contributed by atoms with Gasteiger partial charge < -0.3 is 4.90 Å². The predicted octanol–water partition coefficient (Wildman–Crippen LogP) is 17.8. The SMILES string of the molecule is CC1(c2ccccc2)c2ccccc2-c2c(-c3ccccc3N(c3ccc(-c4cccc5ccccc45)cc3)c3ccccc3-c3cccc4cccc(C5CCCCC5)c34)cccc21. The molecule has 0 bridgehead atoms. The molecule has 10 aromatic carbocycles. The van der Waals surface area contributed by atoms with Crippen molar-refractivity contribution in [1.29, 1.82) is 0 Å². The van der Waals surface area contributed by atoms with Gasteiger partial charge in [-0.25, -0.2) is 0 Å². The van der Waals surface area contributed by atoms with Gasteiger partial charge in [0, 0.05) is 22.2 Å². The van der Waals surface area contributed by atoms with E-state index in [-0.39, 0.29) is 5.41 Å². The van der Waals surface area contributed by atoms with Gasteiger partial charge in [-0.05, 0) is 127 Å². The first kappa shape index (κ1) is 39.1. The zero-order valence-electron chi connectivity index (χ0n) is 36.9. The third-order valence-corrected chi connectivity index (χ3v) is 14.8. The van der Waals surface area contributed by atoms with Crippen molar-refractivity contribution in [2.45, 2.75) is 50.4 Å². The lowest BCUT2D eigenvalue weighted by Crippen LogP contribution is -2.22. The van der Waals surface area contributed by atoms with Gasteiger partial charge in [0.05, 0.1) is 11.4 Å². The van der Waals surface area contributed by atoms with E-state index >= 15 is 0 Å². The van der Waals surface area contributed by atoms with E-state index in [1.165, 1.54) is 120 Å². The summed E-state index contributed by atoms with van der Waals surface area (Å²) in [5.41, 5.74) is 18.6. The summed E-state index contributed by atoms with van der Waals surface area (Å²) in [5, 5.41) is 5.22. The van der Waals surface area contributed by atoms with Crippen LogP contribution < -0.4 is 4.90 Å². The summed E-state index contributed by atoms with van der Waals surface area (Å²) in [4.78, 5) is 2.54. The molecule has 1 atom stereocenters. The molecule has 0 amide bonds. The fourth-order valence-electron chi connectivity index (χ4n) is 11.7. The number of rotatable bonds is 8. The second-order valence-electron chi connectivity index (χ2n) is 18.3. The molecule has 65 heavy (non-hydrogen) atoms. The van der Waals surface area contributed by atoms with Crippen LogP contribution in [0.4, 0.5) is 17.1 Å². The van der Waals surface area contributed by atoms with Crippen molar-refractivity contribution < 1.29 is 0 Å². The Morgan fingerprint density at radius 1 is 0.400 bits per heavy atom. The molecule has 10 aromatic rings. The van der Waals surface area contributed by atoms with Crippen molar-refractivity contribution in [2.24, 2.45) is 0 Å². The van der Waals surface area contributed by atoms with Crippen LogP contribution in [0.2, 0.25) is 0 Å². The predicted molar refractivity (Wildman–Crippen MR) is 276 cm³/mol. The van der Waals surface area contributed by atoms with Gasteiger partial charge in [0.2, 0.25) is 0 Å². The molecule has 0 heterocycles. The number of benzene rings is 10. The molecule has 0 N–H and O–H groups in total. The maximum atomic E-state index is 2.54. The molecule has 0 aliphatic heterocycles. The number of anilines is 3. The topological polar surface area (TPSA) is 3.24 Å². The standard InChI is InChI=1S/C64H51N/c1-64(48-26-6-3-7-27-48)58-36-13-10-31-57(58)63-56(35-19-37-59(63)64)54-30-12-15-39-61(54)65(49-42-40-46(41-43-49)51-32-16-23-44-22-8-9-28-50(44)51)60-38-14-11-29-53(60)55-34-18-25-47-24-17-33-52(62(47)55)45-20-4-2-5-21-45/h3,6-19,22-43,45H,2,4-5,20-21H2,1H3. The highest BCUT2D eigenvalue weighted by atomic mass is 15.1. The summed E-state index contributed by atoms with van der Waals surface area (Å²) in [6, 6.07) is 83.9. The number of fused-ring (bicyclic) bond motifs is 5. The summed E-state index contributed by atoms with van der Waals surface area (Å²) >= 11 is 0. The van der Waals surface area contributed by atoms with Crippen LogP contribution in [0, 0.1) is 0 Å². The quantitative estimate of drug-likeness (QED) is 0.147. The molecule has 0 radical (unpaired) electrons. The second kappa shape index (κ2) is 16.3. The second-order valence-corrected chi connectivity index (χ2v) is 18.3. The van der Waals surface area contributed by atoms with E-state index in [9.17, 15) is 0 Å². The maximum Gasteiger partial charge on any atom is 0.0540 e. The van der Waals surface area contributed by atoms with E-state index in [2.05, 4.69) is 236 Å². The van der Waals surface area contributed by atoms with Crippen LogP contribution in [0.3, 0.4) is 0 Å². The van der Waals surface area contributed by atoms with Crippen molar-refractivity contribution in [1.82, 2.24) is 0 Å². The average Bonchev–Trinajstić information content (AvgIpc) is 3.65. The molecule has 0 aromatic heterocycles. The lowest BCUT2D eigenvalue weighted by Gasteiger charge is -2.31. The zero-order chi connectivity index (χ0) is 43.3. The van der Waals surface area contributed by atoms with Crippen molar-refractivity contribution in [2.75, 3.05) is 4.90 Å². The van der Waals surface area contributed by atoms with Crippen LogP contribution in [0.15, 0.2) is 224 Å². The van der Waals surface area contributed by atoms with E-state index in [0.717, 1.165) is 17.1 Å². The van der Waals surface area contributed by atoms with E-state index in [0.29, 0.717) is 5.92 Å². The zero-order valence-corrected chi connectivity index (χ0v) is 36.9. The Balaban J connectivity index is 1.09. The molecule has 0 saturated heterocycles. The van der Waals surface area contributed by atoms with Crippen LogP contribution in [0.1, 0.15) is 67.2 Å². The molecule has 0 spiro atoms. The van der Waals surface area contributed by atoms with Crippen molar-refractivity contribution >= 4 is 38.6 Å². The van der Waals surface area contributed by atoms with E-state index in [4.69, 9.17) is 0 Å². The lowest BCUT2D eigenvalue weighted by molar-refractivity contribution is 0.445. The number of nitrogens with zero attached hydrogens (tertiary/aromatic N) is 1. The van der Waals surface area contributed by atoms with Gasteiger partial charge in [0.25, 0.3) is 0 Å². The van der Waals surface area contributed by atoms with Crippen molar-refractivity contribution in [3.8, 4) is 44.5 Å². The summed E-state index contributed by atoms with van der Waals surface area (Å²) in [6.07, 6.45) is 6.46. The molecule has 1 saturated carbocycles. The summed E-state index contributed by atoms with van der Waals surface area (Å²) in [7, 11) is 0.